The summed E-state index contributed by atoms with van der Waals surface area (Å²) >= 11 is 0. The molecule has 0 saturated heterocycles. The van der Waals surface area contributed by atoms with E-state index in [1.807, 2.05) is 0 Å². The van der Waals surface area contributed by atoms with Gasteiger partial charge in [0.15, 0.2) is 17.3 Å². The van der Waals surface area contributed by atoms with Crippen molar-refractivity contribution in [1.82, 2.24) is 0 Å². The van der Waals surface area contributed by atoms with Crippen molar-refractivity contribution in [3.63, 3.8) is 0 Å². The van der Waals surface area contributed by atoms with Gasteiger partial charge >= 0.3 is 17.9 Å². The molecule has 7 rings (SSSR count). The van der Waals surface area contributed by atoms with Gasteiger partial charge in [0.1, 0.15) is 18.3 Å². The molecular weight excluding hydrogens is 1560 g/mol. The first kappa shape index (κ1) is 110. The van der Waals surface area contributed by atoms with Crippen LogP contribution in [0.3, 0.4) is 0 Å². The van der Waals surface area contributed by atoms with Crippen molar-refractivity contribution in [2.24, 2.45) is 71.0 Å². The summed E-state index contributed by atoms with van der Waals surface area (Å²) in [5.74, 6) is -8.67. The van der Waals surface area contributed by atoms with E-state index in [1.165, 1.54) is 270 Å². The highest BCUT2D eigenvalue weighted by molar-refractivity contribution is 6.12. The monoisotopic (exact) mass is 1770 g/mol. The largest absolute Gasteiger partial charge is 0.443 e. The van der Waals surface area contributed by atoms with E-state index in [2.05, 4.69) is 41.5 Å². The molecule has 3 N–H and O–H groups in total. The Hall–Kier alpha value is -2.70. The Bertz CT molecular complexity index is 2660. The van der Waals surface area contributed by atoms with Crippen molar-refractivity contribution >= 4 is 35.3 Å². The van der Waals surface area contributed by atoms with Crippen LogP contribution in [-0.2, 0) is 43.0 Å². The lowest BCUT2D eigenvalue weighted by Crippen LogP contribution is -2.92. The minimum Gasteiger partial charge on any atom is -0.443 e. The molecule has 0 aromatic heterocycles. The zero-order valence-corrected chi connectivity index (χ0v) is 83.6. The highest BCUT2D eigenvalue weighted by atomic mass is 16.7. The molecule has 0 radical (unpaired) electrons. The Morgan fingerprint density at radius 3 is 0.532 bits per heavy atom. The maximum absolute atomic E-state index is 18.5. The van der Waals surface area contributed by atoms with Gasteiger partial charge in [0.2, 0.25) is 11.2 Å². The third-order valence-corrected chi connectivity index (χ3v) is 33.9. The molecule has 0 spiro atoms. The third kappa shape index (κ3) is 36.8. The van der Waals surface area contributed by atoms with Gasteiger partial charge in [-0.2, -0.15) is 0 Å². The van der Waals surface area contributed by atoms with E-state index in [0.717, 1.165) is 154 Å². The number of hydrogen-bond acceptors (Lipinski definition) is 12. The number of hydrogen-bond donors (Lipinski definition) is 3. The van der Waals surface area contributed by atoms with Crippen LogP contribution in [0.5, 0.6) is 0 Å². The zero-order chi connectivity index (χ0) is 90.1. The van der Waals surface area contributed by atoms with E-state index in [9.17, 15) is 15.3 Å². The second-order valence-electron chi connectivity index (χ2n) is 43.9. The molecule has 7 saturated carbocycles. The topological polar surface area (TPSA) is 191 Å². The quantitative estimate of drug-likeness (QED) is 0.0297. The molecule has 7 fully saturated rings. The van der Waals surface area contributed by atoms with Crippen LogP contribution >= 0.6 is 0 Å². The van der Waals surface area contributed by atoms with Gasteiger partial charge in [0.25, 0.3) is 5.60 Å². The van der Waals surface area contributed by atoms with Crippen molar-refractivity contribution < 1.29 is 58.3 Å². The summed E-state index contributed by atoms with van der Waals surface area (Å²) in [6, 6.07) is 0. The maximum Gasteiger partial charge on any atom is 0.310 e. The number of carbonyl (C=O) groups excluding carboxylic acids is 6. The predicted molar refractivity (Wildman–Crippen MR) is 523 cm³/mol. The number of Topliss-reactive ketones (excluding diaryl/α,β-unsaturated/α-hetero) is 3. The fourth-order valence-corrected chi connectivity index (χ4v) is 25.2. The summed E-state index contributed by atoms with van der Waals surface area (Å²) in [7, 11) is 0. The van der Waals surface area contributed by atoms with Crippen LogP contribution in [0.4, 0.5) is 0 Å². The van der Waals surface area contributed by atoms with Gasteiger partial charge in [0, 0.05) is 17.8 Å². The number of aliphatic hydroxyl groups is 3. The Labute approximate surface area is 776 Å². The normalized spacial score (nSPS) is 29.1. The molecule has 0 bridgehead atoms. The van der Waals surface area contributed by atoms with Gasteiger partial charge in [0.05, 0.1) is 17.8 Å². The minimum atomic E-state index is -3.46. The lowest BCUT2D eigenvalue weighted by atomic mass is 9.49. The van der Waals surface area contributed by atoms with Crippen LogP contribution in [0.15, 0.2) is 0 Å². The van der Waals surface area contributed by atoms with Gasteiger partial charge in [-0.3, -0.25) is 28.8 Å². The molecule has 0 aromatic carbocycles. The number of carbonyl (C=O) groups is 6. The zero-order valence-electron chi connectivity index (χ0n) is 83.6. The first-order valence-electron chi connectivity index (χ1n) is 56.9. The average molecular weight is 1770 g/mol. The summed E-state index contributed by atoms with van der Waals surface area (Å²) < 4.78 is 22.6. The minimum absolute atomic E-state index is 0.267. The second kappa shape index (κ2) is 65.9. The van der Waals surface area contributed by atoms with Crippen LogP contribution in [0.1, 0.15) is 581 Å². The molecule has 2 unspecified atom stereocenters. The molecular formula is C114H204O12. The Balaban J connectivity index is 1.36. The first-order chi connectivity index (χ1) is 61.6. The van der Waals surface area contributed by atoms with Crippen LogP contribution < -0.4 is 0 Å². The number of esters is 3. The van der Waals surface area contributed by atoms with Crippen molar-refractivity contribution in [2.75, 3.05) is 0 Å². The molecule has 0 aliphatic heterocycles. The lowest BCUT2D eigenvalue weighted by molar-refractivity contribution is -0.329. The Morgan fingerprint density at radius 1 is 0.198 bits per heavy atom. The predicted octanol–water partition coefficient (Wildman–Crippen LogP) is 32.0. The summed E-state index contributed by atoms with van der Waals surface area (Å²) in [5, 5.41) is 42.5. The standard InChI is InChI=1S/C114H204O12/c1-7-13-19-25-31-37-43-49-55-61-91-67-79-97(80-68-91)104(116)112(124-109(121)100-85-73-94(74-86-100)64-58-52-46-40-34-28-22-16-10-4)107(119)103(115)108(120)113(105(117)98-81-69-92(70-82-98)62-56-50-44-38-32-26-20-14-8-2,125-110(122)101-87-75-95(76-88-101)65-59-53-47-41-35-29-23-17-11-5)114(112,106(118)99-83-71-93(72-84-99)63-57-51-45-39-33-27-21-15-9-3)126-111(123)102-89-77-96(78-90-102)66-60-54-48-42-36-30-24-18-12-6/h91-103,107-108,115,119-120H,7-90H2,1-6H3/t91?,92?,93?,94?,95?,96?,97?,98?,99?,100?,101?,102?,103?,107-,108+,112+,113-,114?. The van der Waals surface area contributed by atoms with Crippen molar-refractivity contribution in [1.29, 1.82) is 0 Å². The van der Waals surface area contributed by atoms with Gasteiger partial charge in [-0.25, -0.2) is 0 Å². The van der Waals surface area contributed by atoms with Crippen LogP contribution in [0.2, 0.25) is 0 Å². The third-order valence-electron chi connectivity index (χ3n) is 33.9. The number of ketones is 3. The van der Waals surface area contributed by atoms with Gasteiger partial charge in [-0.05, 0) is 190 Å². The number of unbranched alkanes of at least 4 members (excludes halogenated alkanes) is 48. The molecule has 7 aliphatic carbocycles. The van der Waals surface area contributed by atoms with E-state index in [1.54, 1.807) is 0 Å². The van der Waals surface area contributed by atoms with Crippen molar-refractivity contribution in [2.45, 2.75) is 616 Å². The van der Waals surface area contributed by atoms with Gasteiger partial charge in [-0.1, -0.05) is 427 Å². The molecule has 126 heavy (non-hydrogen) atoms. The Kier molecular flexibility index (Phi) is 57.7. The van der Waals surface area contributed by atoms with Crippen LogP contribution in [0, 0.1) is 71.0 Å². The van der Waals surface area contributed by atoms with E-state index >= 15 is 28.8 Å². The van der Waals surface area contributed by atoms with E-state index in [0.29, 0.717) is 120 Å². The van der Waals surface area contributed by atoms with Crippen molar-refractivity contribution in [3.05, 3.63) is 0 Å². The molecule has 7 aliphatic rings. The molecule has 0 aromatic rings. The fourth-order valence-electron chi connectivity index (χ4n) is 25.2. The molecule has 0 heterocycles. The second-order valence-corrected chi connectivity index (χ2v) is 43.9. The van der Waals surface area contributed by atoms with Crippen LogP contribution in [-0.4, -0.2) is 85.7 Å². The number of ether oxygens (including phenoxy) is 3. The molecule has 12 nitrogen and oxygen atoms in total. The fraction of sp³-hybridized carbons (Fsp3) is 0.947. The van der Waals surface area contributed by atoms with Gasteiger partial charge < -0.3 is 29.5 Å². The van der Waals surface area contributed by atoms with E-state index in [4.69, 9.17) is 14.2 Å². The van der Waals surface area contributed by atoms with Crippen LogP contribution in [0.25, 0.3) is 0 Å². The molecule has 6 atom stereocenters. The van der Waals surface area contributed by atoms with Gasteiger partial charge in [-0.15, -0.1) is 0 Å². The molecule has 732 valence electrons. The summed E-state index contributed by atoms with van der Waals surface area (Å²) in [6.07, 6.45) is 77.1. The van der Waals surface area contributed by atoms with E-state index < -0.39 is 106 Å². The molecule has 0 amide bonds. The summed E-state index contributed by atoms with van der Waals surface area (Å²) in [6.45, 7) is 13.6. The van der Waals surface area contributed by atoms with Crippen molar-refractivity contribution in [3.8, 4) is 0 Å². The smallest absolute Gasteiger partial charge is 0.310 e. The molecule has 12 heteroatoms. The maximum atomic E-state index is 18.5. The number of rotatable bonds is 72. The highest BCUT2D eigenvalue weighted by Gasteiger charge is 2.89. The average Bonchev–Trinajstić information content (AvgIpc) is 0.657. The first-order valence-corrected chi connectivity index (χ1v) is 56.9. The summed E-state index contributed by atoms with van der Waals surface area (Å²) in [4.78, 5) is 105. The van der Waals surface area contributed by atoms with E-state index in [-0.39, 0.29) is 30.6 Å². The number of aliphatic hydroxyl groups excluding tert-OH is 3. The SMILES string of the molecule is CCCCCCCCCCCC1CCC(C(=O)OC2(C(=O)C3CCC(CCCCCCCCCCC)CC3)[C@@](OC(=O)C3CCC(CCCCCCCCCCC)CC3)(C(=O)C3CCC(CCCCCCCCCCC)CC3)[C@@H](O)C(O)[C@@H](O)[C@@]2(OC(=O)C2CCC(CCCCCCCCCCC)CC2)C(=O)C2CCC(CCCCCCCCCCC)CC2)CC1. The Morgan fingerprint density at radius 2 is 0.349 bits per heavy atom. The highest BCUT2D eigenvalue weighted by Crippen LogP contribution is 2.60. The summed E-state index contributed by atoms with van der Waals surface area (Å²) in [5.41, 5.74) is -10.1. The lowest BCUT2D eigenvalue weighted by Gasteiger charge is -2.63.